The van der Waals surface area contributed by atoms with Crippen LogP contribution in [0, 0.1) is 17.1 Å². The maximum absolute atomic E-state index is 13.9. The fraction of sp³-hybridized carbons (Fsp3) is 0.273. The highest BCUT2D eigenvalue weighted by molar-refractivity contribution is 7.13. The van der Waals surface area contributed by atoms with Gasteiger partial charge in [-0.05, 0) is 30.7 Å². The quantitative estimate of drug-likeness (QED) is 0.0793. The molecule has 0 saturated carbocycles. The highest BCUT2D eigenvalue weighted by Crippen LogP contribution is 2.23. The van der Waals surface area contributed by atoms with E-state index in [1.165, 1.54) is 25.1 Å². The molecule has 1 unspecified atom stereocenters. The van der Waals surface area contributed by atoms with Gasteiger partial charge in [0.25, 0.3) is 0 Å². The number of carbonyl (C=O) groups excluding carboxylic acids is 2. The van der Waals surface area contributed by atoms with Gasteiger partial charge in [0.15, 0.2) is 0 Å². The number of rotatable bonds is 10. The predicted molar refractivity (Wildman–Crippen MR) is 125 cm³/mol. The number of esters is 1. The van der Waals surface area contributed by atoms with Gasteiger partial charge in [0.1, 0.15) is 28.3 Å². The topological polar surface area (TPSA) is 217 Å². The second-order valence-corrected chi connectivity index (χ2v) is 8.78. The largest absolute Gasteiger partial charge is 0.490 e. The van der Waals surface area contributed by atoms with Crippen LogP contribution in [0.2, 0.25) is 0 Å². The molecule has 1 amide bonds. The zero-order chi connectivity index (χ0) is 30.1. The Morgan fingerprint density at radius 3 is 2.15 bits per heavy atom. The molecule has 0 aliphatic rings. The Balaban J connectivity index is 0.000000956. The lowest BCUT2D eigenvalue weighted by Gasteiger charge is -2.16. The molecule has 0 aliphatic heterocycles. The maximum atomic E-state index is 13.9. The number of ether oxygens (including phenoxy) is 1. The SMILES string of the molecule is CC(Cc1ccc(C(=O)Oc2ccc(C(=N)N)c(F)c2)s1)C(=O)N[C@@H](CC(=O)O)C(=O)O.O=C(O)C(F)(F)F. The van der Waals surface area contributed by atoms with Gasteiger partial charge in [-0.2, -0.15) is 13.2 Å². The summed E-state index contributed by atoms with van der Waals surface area (Å²) in [5.41, 5.74) is 5.12. The van der Waals surface area contributed by atoms with Crippen LogP contribution in [0.3, 0.4) is 0 Å². The lowest BCUT2D eigenvalue weighted by Crippen LogP contribution is -2.44. The van der Waals surface area contributed by atoms with Gasteiger partial charge in [-0.1, -0.05) is 6.92 Å². The molecule has 7 N–H and O–H groups in total. The van der Waals surface area contributed by atoms with E-state index >= 15 is 0 Å². The smallest absolute Gasteiger partial charge is 0.481 e. The van der Waals surface area contributed by atoms with E-state index in [0.717, 1.165) is 17.4 Å². The molecule has 2 aromatic rings. The fourth-order valence-corrected chi connectivity index (χ4v) is 3.63. The molecule has 1 heterocycles. The van der Waals surface area contributed by atoms with E-state index < -0.39 is 66.0 Å². The van der Waals surface area contributed by atoms with Gasteiger partial charge in [-0.15, -0.1) is 11.3 Å². The van der Waals surface area contributed by atoms with Crippen LogP contribution in [0.1, 0.15) is 33.5 Å². The van der Waals surface area contributed by atoms with Gasteiger partial charge in [0, 0.05) is 16.9 Å². The number of carboxylic acid groups (broad SMARTS) is 3. The average molecular weight is 579 g/mol. The average Bonchev–Trinajstić information content (AvgIpc) is 3.26. The number of aliphatic carboxylic acids is 3. The van der Waals surface area contributed by atoms with Crippen molar-refractivity contribution < 1.29 is 61.6 Å². The maximum Gasteiger partial charge on any atom is 0.490 e. The lowest BCUT2D eigenvalue weighted by atomic mass is 10.0. The number of hydrogen-bond acceptors (Lipinski definition) is 8. The van der Waals surface area contributed by atoms with Crippen LogP contribution >= 0.6 is 11.3 Å². The normalized spacial score (nSPS) is 12.2. The first-order valence-electron chi connectivity index (χ1n) is 10.4. The molecule has 1 aromatic carbocycles. The molecule has 0 saturated heterocycles. The molecule has 2 atom stereocenters. The molecule has 0 radical (unpaired) electrons. The number of benzene rings is 1. The summed E-state index contributed by atoms with van der Waals surface area (Å²) in [5.74, 6) is -8.99. The highest BCUT2D eigenvalue weighted by Gasteiger charge is 2.38. The van der Waals surface area contributed by atoms with Crippen LogP contribution in [-0.4, -0.2) is 63.2 Å². The van der Waals surface area contributed by atoms with E-state index in [0.29, 0.717) is 4.88 Å². The van der Waals surface area contributed by atoms with Crippen LogP contribution in [-0.2, 0) is 25.6 Å². The van der Waals surface area contributed by atoms with Crippen molar-refractivity contribution >= 4 is 47.0 Å². The monoisotopic (exact) mass is 579 g/mol. The Labute approximate surface area is 220 Å². The molecule has 0 bridgehead atoms. The second-order valence-electron chi connectivity index (χ2n) is 7.62. The Hall–Kier alpha value is -4.54. The molecular weight excluding hydrogens is 558 g/mol. The minimum atomic E-state index is -5.08. The molecule has 0 aliphatic carbocycles. The first kappa shape index (κ1) is 32.5. The number of nitrogen functional groups attached to an aromatic ring is 1. The summed E-state index contributed by atoms with van der Waals surface area (Å²) in [5, 5.41) is 34.3. The van der Waals surface area contributed by atoms with E-state index in [4.69, 9.17) is 36.0 Å². The molecule has 39 heavy (non-hydrogen) atoms. The third-order valence-electron chi connectivity index (χ3n) is 4.49. The molecule has 2 rings (SSSR count). The van der Waals surface area contributed by atoms with Crippen LogP contribution in [0.15, 0.2) is 30.3 Å². The number of amidine groups is 1. The van der Waals surface area contributed by atoms with Gasteiger partial charge < -0.3 is 31.1 Å². The van der Waals surface area contributed by atoms with Crippen LogP contribution < -0.4 is 15.8 Å². The third-order valence-corrected chi connectivity index (χ3v) is 5.58. The van der Waals surface area contributed by atoms with Crippen LogP contribution in [0.4, 0.5) is 17.6 Å². The van der Waals surface area contributed by atoms with Gasteiger partial charge in [0.2, 0.25) is 5.91 Å². The van der Waals surface area contributed by atoms with E-state index in [-0.39, 0.29) is 22.6 Å². The van der Waals surface area contributed by atoms with Crippen molar-refractivity contribution in [3.63, 3.8) is 0 Å². The van der Waals surface area contributed by atoms with E-state index in [1.54, 1.807) is 6.07 Å². The van der Waals surface area contributed by atoms with Crippen molar-refractivity contribution in [3.8, 4) is 5.75 Å². The number of hydrogen-bond donors (Lipinski definition) is 6. The molecule has 17 heteroatoms. The van der Waals surface area contributed by atoms with E-state index in [1.807, 2.05) is 0 Å². The van der Waals surface area contributed by atoms with Crippen LogP contribution in [0.25, 0.3) is 0 Å². The molecule has 0 spiro atoms. The second kappa shape index (κ2) is 13.8. The summed E-state index contributed by atoms with van der Waals surface area (Å²) < 4.78 is 50.7. The third kappa shape index (κ3) is 10.8. The first-order valence-corrected chi connectivity index (χ1v) is 11.2. The number of halogens is 4. The Bertz CT molecular complexity index is 1260. The minimum Gasteiger partial charge on any atom is -0.481 e. The molecule has 12 nitrogen and oxygen atoms in total. The number of nitrogens with one attached hydrogen (secondary N) is 2. The summed E-state index contributed by atoms with van der Waals surface area (Å²) in [6, 6.07) is 4.97. The number of thiophene rings is 1. The van der Waals surface area contributed by atoms with Crippen molar-refractivity contribution in [1.82, 2.24) is 5.32 Å². The zero-order valence-electron chi connectivity index (χ0n) is 19.7. The van der Waals surface area contributed by atoms with E-state index in [2.05, 4.69) is 5.32 Å². The summed E-state index contributed by atoms with van der Waals surface area (Å²) in [7, 11) is 0. The number of nitrogens with two attached hydrogens (primary N) is 1. The van der Waals surface area contributed by atoms with Crippen molar-refractivity contribution in [2.75, 3.05) is 0 Å². The van der Waals surface area contributed by atoms with Crippen molar-refractivity contribution in [3.05, 3.63) is 51.5 Å². The highest BCUT2D eigenvalue weighted by atomic mass is 32.1. The van der Waals surface area contributed by atoms with Crippen molar-refractivity contribution in [1.29, 1.82) is 5.41 Å². The summed E-state index contributed by atoms with van der Waals surface area (Å²) >= 11 is 1.04. The number of carbonyl (C=O) groups is 5. The van der Waals surface area contributed by atoms with Crippen molar-refractivity contribution in [2.24, 2.45) is 11.7 Å². The Kier molecular flexibility index (Phi) is 11.5. The van der Waals surface area contributed by atoms with Gasteiger partial charge in [0.05, 0.1) is 12.0 Å². The summed E-state index contributed by atoms with van der Waals surface area (Å²) in [4.78, 5) is 56.0. The molecule has 212 valence electrons. The standard InChI is InChI=1S/C20H20FN3O7S.C2HF3O2/c1-9(18(27)24-14(19(28)29)8-16(25)26)6-11-3-5-15(32-11)20(30)31-10-2-4-12(17(22)23)13(21)7-10;3-2(4,5)1(6)7/h2-5,7,9,14H,6,8H2,1H3,(H3,22,23)(H,24,27)(H,25,26)(H,28,29);(H,6,7)/t9?,14-;/m0./s1. The molecular formula is C22H21F4N3O9S. The first-order chi connectivity index (χ1) is 17.9. The number of amides is 1. The lowest BCUT2D eigenvalue weighted by molar-refractivity contribution is -0.192. The molecule has 1 aromatic heterocycles. The number of alkyl halides is 3. The Morgan fingerprint density at radius 1 is 1.10 bits per heavy atom. The van der Waals surface area contributed by atoms with Crippen LogP contribution in [0.5, 0.6) is 5.75 Å². The van der Waals surface area contributed by atoms with Gasteiger partial charge in [-0.3, -0.25) is 15.0 Å². The fourth-order valence-electron chi connectivity index (χ4n) is 2.62. The van der Waals surface area contributed by atoms with Crippen molar-refractivity contribution in [2.45, 2.75) is 32.0 Å². The number of carboxylic acids is 3. The summed E-state index contributed by atoms with van der Waals surface area (Å²) in [6.07, 6.45) is -5.66. The minimum absolute atomic E-state index is 0.0710. The van der Waals surface area contributed by atoms with E-state index in [9.17, 15) is 36.7 Å². The predicted octanol–water partition coefficient (Wildman–Crippen LogP) is 2.25. The molecule has 0 fully saturated rings. The zero-order valence-corrected chi connectivity index (χ0v) is 20.6. The van der Waals surface area contributed by atoms with Gasteiger partial charge >= 0.3 is 30.1 Å². The van der Waals surface area contributed by atoms with Gasteiger partial charge in [-0.25, -0.2) is 18.8 Å². The summed E-state index contributed by atoms with van der Waals surface area (Å²) in [6.45, 7) is 1.53. The Morgan fingerprint density at radius 2 is 1.69 bits per heavy atom.